The molecule has 30 heavy (non-hydrogen) atoms. The predicted octanol–water partition coefficient (Wildman–Crippen LogP) is 1.43. The van der Waals surface area contributed by atoms with Gasteiger partial charge in [-0.05, 0) is 79.4 Å². The van der Waals surface area contributed by atoms with Gasteiger partial charge >= 0.3 is 6.09 Å². The lowest BCUT2D eigenvalue weighted by atomic mass is 9.96. The minimum absolute atomic E-state index is 0.0566. The van der Waals surface area contributed by atoms with E-state index in [9.17, 15) is 9.59 Å². The molecule has 0 aromatic carbocycles. The number of guanidine groups is 1. The maximum absolute atomic E-state index is 11.6. The SMILES string of the molecule is CCNC(=NCCCNC(=O)OC(C)(C)C)NCCCCN1CCC(C(N)=O)CC1. The number of primary amides is 1. The first-order valence-electron chi connectivity index (χ1n) is 11.2. The molecule has 0 aliphatic carbocycles. The number of aliphatic imine (C=N–C) groups is 1. The second kappa shape index (κ2) is 14.1. The summed E-state index contributed by atoms with van der Waals surface area (Å²) in [5, 5.41) is 9.34. The summed E-state index contributed by atoms with van der Waals surface area (Å²) in [7, 11) is 0. The number of nitrogens with one attached hydrogen (secondary N) is 3. The minimum Gasteiger partial charge on any atom is -0.444 e. The Balaban J connectivity index is 2.13. The van der Waals surface area contributed by atoms with Crippen molar-refractivity contribution in [1.29, 1.82) is 0 Å². The quantitative estimate of drug-likeness (QED) is 0.225. The van der Waals surface area contributed by atoms with E-state index in [-0.39, 0.29) is 11.8 Å². The predicted molar refractivity (Wildman–Crippen MR) is 120 cm³/mol. The first kappa shape index (κ1) is 26.0. The largest absolute Gasteiger partial charge is 0.444 e. The van der Waals surface area contributed by atoms with Gasteiger partial charge in [-0.2, -0.15) is 0 Å². The molecule has 0 bridgehead atoms. The number of nitrogens with zero attached hydrogens (tertiary/aromatic N) is 2. The van der Waals surface area contributed by atoms with Crippen LogP contribution in [0.3, 0.4) is 0 Å². The molecule has 1 aliphatic heterocycles. The lowest BCUT2D eigenvalue weighted by Gasteiger charge is -2.30. The van der Waals surface area contributed by atoms with E-state index in [0.29, 0.717) is 13.1 Å². The molecule has 0 atom stereocenters. The van der Waals surface area contributed by atoms with Crippen molar-refractivity contribution in [2.24, 2.45) is 16.6 Å². The number of alkyl carbamates (subject to hydrolysis) is 1. The molecule has 2 amide bonds. The summed E-state index contributed by atoms with van der Waals surface area (Å²) in [6, 6.07) is 0. The molecule has 0 unspecified atom stereocenters. The summed E-state index contributed by atoms with van der Waals surface area (Å²) in [5.74, 6) is 0.702. The molecule has 1 fully saturated rings. The van der Waals surface area contributed by atoms with Crippen LogP contribution in [0.1, 0.15) is 59.8 Å². The van der Waals surface area contributed by atoms with Gasteiger partial charge in [0.15, 0.2) is 5.96 Å². The van der Waals surface area contributed by atoms with E-state index in [4.69, 9.17) is 10.5 Å². The molecule has 1 saturated heterocycles. The molecule has 9 nitrogen and oxygen atoms in total. The maximum Gasteiger partial charge on any atom is 0.407 e. The molecule has 5 N–H and O–H groups in total. The Morgan fingerprint density at radius 2 is 1.73 bits per heavy atom. The molecule has 0 aromatic heterocycles. The number of piperidine rings is 1. The van der Waals surface area contributed by atoms with Crippen LogP contribution in [0.15, 0.2) is 4.99 Å². The van der Waals surface area contributed by atoms with Crippen LogP contribution < -0.4 is 21.7 Å². The molecule has 1 aliphatic rings. The van der Waals surface area contributed by atoms with Crippen molar-refractivity contribution in [3.63, 3.8) is 0 Å². The fraction of sp³-hybridized carbons (Fsp3) is 0.857. The topological polar surface area (TPSA) is 121 Å². The van der Waals surface area contributed by atoms with Crippen LogP contribution in [-0.4, -0.2) is 74.3 Å². The van der Waals surface area contributed by atoms with Crippen LogP contribution in [0.4, 0.5) is 4.79 Å². The summed E-state index contributed by atoms with van der Waals surface area (Å²) < 4.78 is 5.20. The number of hydrogen-bond acceptors (Lipinski definition) is 5. The highest BCUT2D eigenvalue weighted by atomic mass is 16.6. The van der Waals surface area contributed by atoms with Gasteiger partial charge in [0.2, 0.25) is 5.91 Å². The zero-order valence-electron chi connectivity index (χ0n) is 19.3. The highest BCUT2D eigenvalue weighted by Crippen LogP contribution is 2.16. The van der Waals surface area contributed by atoms with Gasteiger partial charge < -0.3 is 31.3 Å². The maximum atomic E-state index is 11.6. The molecule has 9 heteroatoms. The number of carbonyl (C=O) groups excluding carboxylic acids is 2. The van der Waals surface area contributed by atoms with Crippen molar-refractivity contribution in [3.05, 3.63) is 0 Å². The van der Waals surface area contributed by atoms with E-state index in [2.05, 4.69) is 25.8 Å². The molecular formula is C21H42N6O3. The van der Waals surface area contributed by atoms with Gasteiger partial charge in [-0.15, -0.1) is 0 Å². The van der Waals surface area contributed by atoms with Crippen LogP contribution >= 0.6 is 0 Å². The third-order valence-corrected chi connectivity index (χ3v) is 4.80. The Morgan fingerprint density at radius 3 is 2.33 bits per heavy atom. The van der Waals surface area contributed by atoms with E-state index in [0.717, 1.165) is 70.8 Å². The second-order valence-corrected chi connectivity index (χ2v) is 8.70. The lowest BCUT2D eigenvalue weighted by molar-refractivity contribution is -0.123. The van der Waals surface area contributed by atoms with Crippen molar-refractivity contribution in [2.75, 3.05) is 45.8 Å². The summed E-state index contributed by atoms with van der Waals surface area (Å²) >= 11 is 0. The van der Waals surface area contributed by atoms with Crippen LogP contribution in [0, 0.1) is 5.92 Å². The van der Waals surface area contributed by atoms with E-state index in [1.807, 2.05) is 27.7 Å². The average Bonchev–Trinajstić information content (AvgIpc) is 2.66. The second-order valence-electron chi connectivity index (χ2n) is 8.70. The molecule has 0 aromatic rings. The number of unbranched alkanes of at least 4 members (excludes halogenated alkanes) is 1. The van der Waals surface area contributed by atoms with Gasteiger partial charge in [-0.1, -0.05) is 0 Å². The number of carbonyl (C=O) groups is 2. The van der Waals surface area contributed by atoms with Crippen molar-refractivity contribution in [2.45, 2.75) is 65.4 Å². The molecule has 1 rings (SSSR count). The first-order valence-corrected chi connectivity index (χ1v) is 11.2. The van der Waals surface area contributed by atoms with E-state index in [1.165, 1.54) is 0 Å². The monoisotopic (exact) mass is 426 g/mol. The van der Waals surface area contributed by atoms with Crippen molar-refractivity contribution in [1.82, 2.24) is 20.9 Å². The van der Waals surface area contributed by atoms with E-state index >= 15 is 0 Å². The number of ether oxygens (including phenoxy) is 1. The lowest BCUT2D eigenvalue weighted by Crippen LogP contribution is -2.40. The highest BCUT2D eigenvalue weighted by molar-refractivity contribution is 5.79. The fourth-order valence-electron chi connectivity index (χ4n) is 3.22. The van der Waals surface area contributed by atoms with Gasteiger partial charge in [-0.25, -0.2) is 4.79 Å². The van der Waals surface area contributed by atoms with E-state index in [1.54, 1.807) is 0 Å². The summed E-state index contributed by atoms with van der Waals surface area (Å²) in [6.45, 7) is 13.4. The number of hydrogen-bond donors (Lipinski definition) is 4. The van der Waals surface area contributed by atoms with Crippen LogP contribution in [0.5, 0.6) is 0 Å². The van der Waals surface area contributed by atoms with Gasteiger partial charge in [0.1, 0.15) is 5.60 Å². The van der Waals surface area contributed by atoms with Crippen molar-refractivity contribution < 1.29 is 14.3 Å². The zero-order valence-corrected chi connectivity index (χ0v) is 19.3. The Labute approximate surface area is 181 Å². The van der Waals surface area contributed by atoms with Crippen LogP contribution in [0.25, 0.3) is 0 Å². The van der Waals surface area contributed by atoms with Gasteiger partial charge in [0.25, 0.3) is 0 Å². The number of likely N-dealkylation sites (tertiary alicyclic amines) is 1. The van der Waals surface area contributed by atoms with Crippen molar-refractivity contribution in [3.8, 4) is 0 Å². The Morgan fingerprint density at radius 1 is 1.07 bits per heavy atom. The normalized spacial score (nSPS) is 16.2. The molecule has 0 saturated carbocycles. The molecule has 1 heterocycles. The zero-order chi connectivity index (χ0) is 22.4. The summed E-state index contributed by atoms with van der Waals surface area (Å²) in [5.41, 5.74) is 4.90. The third kappa shape index (κ3) is 12.5. The van der Waals surface area contributed by atoms with Crippen LogP contribution in [0.2, 0.25) is 0 Å². The minimum atomic E-state index is -0.482. The highest BCUT2D eigenvalue weighted by Gasteiger charge is 2.22. The van der Waals surface area contributed by atoms with Crippen molar-refractivity contribution >= 4 is 18.0 Å². The standard InChI is InChI=1S/C21H42N6O3/c1-5-23-19(25-12-8-13-26-20(29)30-21(2,3)4)24-11-6-7-14-27-15-9-17(10-16-27)18(22)28/h17H,5-16H2,1-4H3,(H2,22,28)(H,26,29)(H2,23,24,25). The number of rotatable bonds is 11. The molecule has 0 spiro atoms. The Kier molecular flexibility index (Phi) is 12.2. The smallest absolute Gasteiger partial charge is 0.407 e. The summed E-state index contributed by atoms with van der Waals surface area (Å²) in [4.78, 5) is 29.8. The van der Waals surface area contributed by atoms with E-state index < -0.39 is 11.7 Å². The molecule has 174 valence electrons. The summed E-state index contributed by atoms with van der Waals surface area (Å²) in [6.07, 6.45) is 4.28. The Bertz CT molecular complexity index is 539. The van der Waals surface area contributed by atoms with Gasteiger partial charge in [0.05, 0.1) is 0 Å². The third-order valence-electron chi connectivity index (χ3n) is 4.80. The van der Waals surface area contributed by atoms with Gasteiger partial charge in [0, 0.05) is 32.1 Å². The molecular weight excluding hydrogens is 384 g/mol. The first-order chi connectivity index (χ1) is 14.2. The average molecular weight is 427 g/mol. The Hall–Kier alpha value is -2.03. The molecule has 0 radical (unpaired) electrons. The van der Waals surface area contributed by atoms with Gasteiger partial charge in [-0.3, -0.25) is 9.79 Å². The number of nitrogens with two attached hydrogens (primary N) is 1. The van der Waals surface area contributed by atoms with Crippen LogP contribution in [-0.2, 0) is 9.53 Å². The fourth-order valence-corrected chi connectivity index (χ4v) is 3.22. The number of amides is 2.